The Kier molecular flexibility index (Phi) is 4.63. The molecule has 1 heterocycles. The summed E-state index contributed by atoms with van der Waals surface area (Å²) in [5.74, 6) is 0.723. The van der Waals surface area contributed by atoms with Gasteiger partial charge in [-0.2, -0.15) is 0 Å². The first-order valence-electron chi connectivity index (χ1n) is 7.29. The number of benzene rings is 1. The highest BCUT2D eigenvalue weighted by molar-refractivity contribution is 5.78. The van der Waals surface area contributed by atoms with Crippen molar-refractivity contribution in [3.8, 4) is 0 Å². The van der Waals surface area contributed by atoms with Crippen LogP contribution in [-0.2, 0) is 11.8 Å². The molecule has 0 saturated heterocycles. The molecule has 0 spiro atoms. The molecule has 0 aliphatic rings. The van der Waals surface area contributed by atoms with Crippen LogP contribution in [0.4, 0.5) is 0 Å². The van der Waals surface area contributed by atoms with Gasteiger partial charge in [0.05, 0.1) is 29.6 Å². The van der Waals surface area contributed by atoms with E-state index in [1.54, 1.807) is 0 Å². The molecule has 0 fully saturated rings. The van der Waals surface area contributed by atoms with Gasteiger partial charge in [-0.15, -0.1) is 0 Å². The Morgan fingerprint density at radius 2 is 2.00 bits per heavy atom. The number of aryl methyl sites for hydroxylation is 1. The molecule has 2 unspecified atom stereocenters. The number of carbonyl (C=O) groups is 1. The summed E-state index contributed by atoms with van der Waals surface area (Å²) in [5, 5.41) is 12.7. The molecule has 2 atom stereocenters. The van der Waals surface area contributed by atoms with E-state index in [-0.39, 0.29) is 24.3 Å². The van der Waals surface area contributed by atoms with E-state index < -0.39 is 6.10 Å². The normalized spacial score (nSPS) is 14.4. The molecule has 5 nitrogen and oxygen atoms in total. The lowest BCUT2D eigenvalue weighted by atomic mass is 10.0. The molecule has 2 rings (SSSR count). The molecule has 0 aliphatic carbocycles. The minimum atomic E-state index is -0.613. The van der Waals surface area contributed by atoms with Crippen molar-refractivity contribution < 1.29 is 9.90 Å². The van der Waals surface area contributed by atoms with Gasteiger partial charge in [-0.3, -0.25) is 4.79 Å². The molecule has 114 valence electrons. The maximum atomic E-state index is 12.0. The number of rotatable bonds is 5. The molecule has 0 saturated carbocycles. The highest BCUT2D eigenvalue weighted by atomic mass is 16.3. The van der Waals surface area contributed by atoms with E-state index in [0.29, 0.717) is 0 Å². The highest BCUT2D eigenvalue weighted by Crippen LogP contribution is 2.19. The van der Waals surface area contributed by atoms with Gasteiger partial charge in [0, 0.05) is 7.05 Å². The molecular formula is C16H23N3O2. The van der Waals surface area contributed by atoms with E-state index in [0.717, 1.165) is 16.9 Å². The van der Waals surface area contributed by atoms with Crippen LogP contribution in [0.1, 0.15) is 39.1 Å². The summed E-state index contributed by atoms with van der Waals surface area (Å²) in [5.41, 5.74) is 1.95. The number of amides is 1. The zero-order valence-electron chi connectivity index (χ0n) is 13.0. The molecule has 21 heavy (non-hydrogen) atoms. The van der Waals surface area contributed by atoms with Crippen molar-refractivity contribution in [3.05, 3.63) is 30.1 Å². The van der Waals surface area contributed by atoms with E-state index in [4.69, 9.17) is 0 Å². The molecule has 0 radical (unpaired) electrons. The Bertz CT molecular complexity index is 633. The summed E-state index contributed by atoms with van der Waals surface area (Å²) >= 11 is 0. The number of aliphatic hydroxyl groups excluding tert-OH is 1. The topological polar surface area (TPSA) is 67.2 Å². The molecular weight excluding hydrogens is 266 g/mol. The van der Waals surface area contributed by atoms with Gasteiger partial charge in [0.2, 0.25) is 5.91 Å². The van der Waals surface area contributed by atoms with Crippen molar-refractivity contribution in [3.63, 3.8) is 0 Å². The number of aliphatic hydroxyl groups is 1. The van der Waals surface area contributed by atoms with E-state index in [1.165, 1.54) is 0 Å². The van der Waals surface area contributed by atoms with Gasteiger partial charge < -0.3 is 15.0 Å². The van der Waals surface area contributed by atoms with Crippen molar-refractivity contribution >= 4 is 16.9 Å². The average Bonchev–Trinajstić information content (AvgIpc) is 2.76. The fraction of sp³-hybridized carbons (Fsp3) is 0.500. The summed E-state index contributed by atoms with van der Waals surface area (Å²) in [6.45, 7) is 5.70. The number of hydrogen-bond donors (Lipinski definition) is 2. The van der Waals surface area contributed by atoms with Crippen LogP contribution in [-0.4, -0.2) is 26.7 Å². The van der Waals surface area contributed by atoms with E-state index in [2.05, 4.69) is 10.3 Å². The van der Waals surface area contributed by atoms with Gasteiger partial charge in [0.15, 0.2) is 0 Å². The molecule has 1 aromatic carbocycles. The SMILES string of the molecule is CC(NC(=O)CC(O)C(C)C)c1nc2ccccc2n1C. The standard InChI is InChI=1S/C16H23N3O2/c1-10(2)14(20)9-15(21)17-11(3)16-18-12-7-5-6-8-13(12)19(16)4/h5-8,10-11,14,20H,9H2,1-4H3,(H,17,21). The number of imidazole rings is 1. The van der Waals surface area contributed by atoms with Gasteiger partial charge in [-0.1, -0.05) is 26.0 Å². The summed E-state index contributed by atoms with van der Waals surface area (Å²) in [7, 11) is 1.94. The Morgan fingerprint density at radius 3 is 2.62 bits per heavy atom. The maximum Gasteiger partial charge on any atom is 0.223 e. The Balaban J connectivity index is 2.10. The Labute approximate surface area is 125 Å². The van der Waals surface area contributed by atoms with E-state index in [1.807, 2.05) is 56.7 Å². The fourth-order valence-corrected chi connectivity index (χ4v) is 2.34. The lowest BCUT2D eigenvalue weighted by Gasteiger charge is -2.17. The lowest BCUT2D eigenvalue weighted by Crippen LogP contribution is -2.32. The molecule has 5 heteroatoms. The number of aromatic nitrogens is 2. The molecule has 1 aromatic heterocycles. The summed E-state index contributed by atoms with van der Waals surface area (Å²) in [6, 6.07) is 7.67. The van der Waals surface area contributed by atoms with Crippen LogP contribution in [0.3, 0.4) is 0 Å². The van der Waals surface area contributed by atoms with Gasteiger partial charge in [0.1, 0.15) is 5.82 Å². The molecule has 2 aromatic rings. The number of carbonyl (C=O) groups excluding carboxylic acids is 1. The third-order valence-corrected chi connectivity index (χ3v) is 3.75. The Morgan fingerprint density at radius 1 is 1.33 bits per heavy atom. The minimum absolute atomic E-state index is 0.0711. The number of para-hydroxylation sites is 2. The molecule has 1 amide bonds. The minimum Gasteiger partial charge on any atom is -0.392 e. The molecule has 2 N–H and O–H groups in total. The van der Waals surface area contributed by atoms with Gasteiger partial charge >= 0.3 is 0 Å². The first kappa shape index (κ1) is 15.5. The predicted molar refractivity (Wildman–Crippen MR) is 82.7 cm³/mol. The van der Waals surface area contributed by atoms with Crippen molar-refractivity contribution in [1.29, 1.82) is 0 Å². The van der Waals surface area contributed by atoms with E-state index in [9.17, 15) is 9.90 Å². The fourth-order valence-electron chi connectivity index (χ4n) is 2.34. The summed E-state index contributed by atoms with van der Waals surface area (Å²) in [4.78, 5) is 16.5. The third kappa shape index (κ3) is 3.42. The van der Waals surface area contributed by atoms with Crippen LogP contribution < -0.4 is 5.32 Å². The van der Waals surface area contributed by atoms with Crippen molar-refractivity contribution in [2.24, 2.45) is 13.0 Å². The quantitative estimate of drug-likeness (QED) is 0.886. The second-order valence-electron chi connectivity index (χ2n) is 5.82. The Hall–Kier alpha value is -1.88. The molecule has 0 aliphatic heterocycles. The van der Waals surface area contributed by atoms with Gasteiger partial charge in [0.25, 0.3) is 0 Å². The summed E-state index contributed by atoms with van der Waals surface area (Å²) in [6.07, 6.45) is -0.496. The lowest BCUT2D eigenvalue weighted by molar-refractivity contribution is -0.124. The smallest absolute Gasteiger partial charge is 0.223 e. The van der Waals surface area contributed by atoms with Gasteiger partial charge in [-0.25, -0.2) is 4.98 Å². The number of fused-ring (bicyclic) bond motifs is 1. The summed E-state index contributed by atoms with van der Waals surface area (Å²) < 4.78 is 1.99. The van der Waals surface area contributed by atoms with Crippen LogP contribution >= 0.6 is 0 Å². The monoisotopic (exact) mass is 289 g/mol. The van der Waals surface area contributed by atoms with E-state index >= 15 is 0 Å². The van der Waals surface area contributed by atoms with Crippen LogP contribution in [0.25, 0.3) is 11.0 Å². The maximum absolute atomic E-state index is 12.0. The van der Waals surface area contributed by atoms with Crippen molar-refractivity contribution in [2.75, 3.05) is 0 Å². The highest BCUT2D eigenvalue weighted by Gasteiger charge is 2.19. The number of nitrogens with zero attached hydrogens (tertiary/aromatic N) is 2. The first-order chi connectivity index (χ1) is 9.90. The number of nitrogens with one attached hydrogen (secondary N) is 1. The number of hydrogen-bond acceptors (Lipinski definition) is 3. The first-order valence-corrected chi connectivity index (χ1v) is 7.29. The van der Waals surface area contributed by atoms with Crippen LogP contribution in [0, 0.1) is 5.92 Å². The predicted octanol–water partition coefficient (Wildman–Crippen LogP) is 2.16. The second kappa shape index (κ2) is 6.26. The van der Waals surface area contributed by atoms with Crippen LogP contribution in [0.5, 0.6) is 0 Å². The van der Waals surface area contributed by atoms with Crippen molar-refractivity contribution in [2.45, 2.75) is 39.3 Å². The largest absolute Gasteiger partial charge is 0.392 e. The van der Waals surface area contributed by atoms with Gasteiger partial charge in [-0.05, 0) is 25.0 Å². The van der Waals surface area contributed by atoms with Crippen LogP contribution in [0.15, 0.2) is 24.3 Å². The average molecular weight is 289 g/mol. The second-order valence-corrected chi connectivity index (χ2v) is 5.82. The third-order valence-electron chi connectivity index (χ3n) is 3.75. The van der Waals surface area contributed by atoms with Crippen LogP contribution in [0.2, 0.25) is 0 Å². The van der Waals surface area contributed by atoms with Crippen molar-refractivity contribution in [1.82, 2.24) is 14.9 Å². The zero-order valence-corrected chi connectivity index (χ0v) is 13.0. The molecule has 0 bridgehead atoms. The zero-order chi connectivity index (χ0) is 15.6.